The van der Waals surface area contributed by atoms with Gasteiger partial charge in [0.05, 0.1) is 0 Å². The normalized spacial score (nSPS) is 30.8. The summed E-state index contributed by atoms with van der Waals surface area (Å²) in [7, 11) is -2.72. The molecule has 5 nitrogen and oxygen atoms in total. The maximum Gasteiger partial charge on any atom is 0.505 e. The van der Waals surface area contributed by atoms with Gasteiger partial charge in [-0.05, 0) is 33.6 Å². The monoisotopic (exact) mass is 273 g/mol. The highest BCUT2D eigenvalue weighted by Gasteiger charge is 2.60. The molecule has 2 fully saturated rings. The fourth-order valence-electron chi connectivity index (χ4n) is 3.19. The molecule has 2 aliphatic rings. The van der Waals surface area contributed by atoms with Crippen LogP contribution in [-0.4, -0.2) is 40.6 Å². The lowest BCUT2D eigenvalue weighted by Crippen LogP contribution is -2.54. The molecule has 0 spiro atoms. The van der Waals surface area contributed by atoms with E-state index in [1.807, 2.05) is 20.8 Å². The van der Waals surface area contributed by atoms with Gasteiger partial charge < -0.3 is 18.6 Å². The van der Waals surface area contributed by atoms with Crippen molar-refractivity contribution in [3.63, 3.8) is 0 Å². The summed E-state index contributed by atoms with van der Waals surface area (Å²) in [5, 5.41) is 3.00. The third-order valence-corrected chi connectivity index (χ3v) is 7.36. The van der Waals surface area contributed by atoms with Crippen molar-refractivity contribution in [3.8, 4) is 0 Å². The van der Waals surface area contributed by atoms with E-state index < -0.39 is 8.80 Å². The number of carbonyl (C=O) groups is 1. The summed E-state index contributed by atoms with van der Waals surface area (Å²) in [5.74, 6) is 0.165. The number of hydrogen-bond acceptors (Lipinski definition) is 4. The Morgan fingerprint density at radius 1 is 1.11 bits per heavy atom. The van der Waals surface area contributed by atoms with Gasteiger partial charge in [0.25, 0.3) is 0 Å². The van der Waals surface area contributed by atoms with E-state index in [-0.39, 0.29) is 17.4 Å². The van der Waals surface area contributed by atoms with Crippen molar-refractivity contribution in [3.05, 3.63) is 0 Å². The first-order valence-electron chi connectivity index (χ1n) is 6.89. The summed E-state index contributed by atoms with van der Waals surface area (Å²) in [6.45, 7) is 7.57. The molecule has 1 aliphatic carbocycles. The smallest absolute Gasteiger partial charge is 0.374 e. The molecule has 1 aliphatic heterocycles. The number of fused-ring (bicyclic) bond motifs is 2. The second kappa shape index (κ2) is 5.69. The SMILES string of the molecule is CCO[Si](OCC)(OCC)C1CC2CC1C(=O)N2. The minimum Gasteiger partial charge on any atom is -0.374 e. The van der Waals surface area contributed by atoms with Gasteiger partial charge in [-0.15, -0.1) is 0 Å². The Labute approximate surface area is 110 Å². The van der Waals surface area contributed by atoms with Crippen LogP contribution < -0.4 is 5.32 Å². The molecule has 0 radical (unpaired) electrons. The fourth-order valence-corrected chi connectivity index (χ4v) is 6.65. The zero-order chi connectivity index (χ0) is 13.2. The van der Waals surface area contributed by atoms with Gasteiger partial charge in [0.1, 0.15) is 0 Å². The molecule has 104 valence electrons. The summed E-state index contributed by atoms with van der Waals surface area (Å²) in [4.78, 5) is 11.9. The maximum atomic E-state index is 11.9. The van der Waals surface area contributed by atoms with Crippen LogP contribution in [0.5, 0.6) is 0 Å². The van der Waals surface area contributed by atoms with E-state index in [4.69, 9.17) is 13.3 Å². The highest BCUT2D eigenvalue weighted by atomic mass is 28.4. The van der Waals surface area contributed by atoms with Crippen molar-refractivity contribution in [1.82, 2.24) is 5.32 Å². The van der Waals surface area contributed by atoms with Crippen LogP contribution in [0.2, 0.25) is 5.54 Å². The van der Waals surface area contributed by atoms with Gasteiger partial charge in [-0.2, -0.15) is 0 Å². The van der Waals surface area contributed by atoms with E-state index >= 15 is 0 Å². The van der Waals surface area contributed by atoms with Crippen LogP contribution in [0.3, 0.4) is 0 Å². The first-order chi connectivity index (χ1) is 8.66. The van der Waals surface area contributed by atoms with E-state index in [0.29, 0.717) is 25.9 Å². The van der Waals surface area contributed by atoms with Crippen LogP contribution in [0.25, 0.3) is 0 Å². The summed E-state index contributed by atoms with van der Waals surface area (Å²) in [6.07, 6.45) is 1.84. The minimum absolute atomic E-state index is 0.0197. The molecule has 6 heteroatoms. The van der Waals surface area contributed by atoms with Gasteiger partial charge in [0, 0.05) is 37.3 Å². The van der Waals surface area contributed by atoms with Gasteiger partial charge in [-0.25, -0.2) is 0 Å². The Kier molecular flexibility index (Phi) is 4.42. The second-order valence-electron chi connectivity index (χ2n) is 4.79. The van der Waals surface area contributed by atoms with Gasteiger partial charge >= 0.3 is 8.80 Å². The fraction of sp³-hybridized carbons (Fsp3) is 0.917. The minimum atomic E-state index is -2.72. The van der Waals surface area contributed by atoms with Crippen molar-refractivity contribution < 1.29 is 18.1 Å². The summed E-state index contributed by atoms with van der Waals surface area (Å²) in [6, 6.07) is 0.292. The lowest BCUT2D eigenvalue weighted by Gasteiger charge is -2.36. The van der Waals surface area contributed by atoms with Crippen molar-refractivity contribution in [1.29, 1.82) is 0 Å². The van der Waals surface area contributed by atoms with Crippen molar-refractivity contribution in [2.45, 2.75) is 45.2 Å². The highest BCUT2D eigenvalue weighted by molar-refractivity contribution is 6.63. The zero-order valence-corrected chi connectivity index (χ0v) is 12.4. The topological polar surface area (TPSA) is 56.8 Å². The first-order valence-corrected chi connectivity index (χ1v) is 8.69. The van der Waals surface area contributed by atoms with Crippen LogP contribution in [-0.2, 0) is 18.1 Å². The molecule has 2 rings (SSSR count). The number of rotatable bonds is 7. The predicted molar refractivity (Wildman–Crippen MR) is 69.0 cm³/mol. The molecule has 1 saturated carbocycles. The summed E-state index contributed by atoms with van der Waals surface area (Å²) in [5.41, 5.74) is 0.135. The number of amides is 1. The zero-order valence-electron chi connectivity index (χ0n) is 11.4. The van der Waals surface area contributed by atoms with Crippen molar-refractivity contribution in [2.75, 3.05) is 19.8 Å². The first kappa shape index (κ1) is 14.0. The van der Waals surface area contributed by atoms with Crippen molar-refractivity contribution >= 4 is 14.7 Å². The Hall–Kier alpha value is -0.433. The molecule has 3 atom stereocenters. The average molecular weight is 273 g/mol. The Bertz CT molecular complexity index is 295. The number of carbonyl (C=O) groups excluding carboxylic acids is 1. The molecule has 1 N–H and O–H groups in total. The molecule has 3 unspecified atom stereocenters. The van der Waals surface area contributed by atoms with Gasteiger partial charge in [0.2, 0.25) is 5.91 Å². The van der Waals surface area contributed by atoms with E-state index in [0.717, 1.165) is 12.8 Å². The van der Waals surface area contributed by atoms with Gasteiger partial charge in [-0.1, -0.05) is 0 Å². The van der Waals surface area contributed by atoms with Crippen LogP contribution in [0.4, 0.5) is 0 Å². The molecule has 0 aromatic rings. The average Bonchev–Trinajstić information content (AvgIpc) is 2.88. The predicted octanol–water partition coefficient (Wildman–Crippen LogP) is 1.31. The largest absolute Gasteiger partial charge is 0.505 e. The van der Waals surface area contributed by atoms with Crippen LogP contribution in [0, 0.1) is 5.92 Å². The van der Waals surface area contributed by atoms with Crippen LogP contribution in [0.1, 0.15) is 33.6 Å². The molecule has 1 saturated heterocycles. The molecule has 1 heterocycles. The quantitative estimate of drug-likeness (QED) is 0.711. The Morgan fingerprint density at radius 3 is 2.06 bits per heavy atom. The molecule has 18 heavy (non-hydrogen) atoms. The molecule has 2 bridgehead atoms. The molecule has 0 aromatic heterocycles. The Balaban J connectivity index is 2.19. The third kappa shape index (κ3) is 2.34. The summed E-state index contributed by atoms with van der Waals surface area (Å²) >= 11 is 0. The lowest BCUT2D eigenvalue weighted by molar-refractivity contribution is -0.124. The van der Waals surface area contributed by atoms with Crippen LogP contribution in [0.15, 0.2) is 0 Å². The highest BCUT2D eigenvalue weighted by Crippen LogP contribution is 2.48. The van der Waals surface area contributed by atoms with E-state index in [9.17, 15) is 4.79 Å². The standard InChI is InChI=1S/C12H23NO4Si/c1-4-15-18(16-5-2,17-6-3)11-8-9-7-10(11)12(14)13-9/h9-11H,4-8H2,1-3H3,(H,13,14). The van der Waals surface area contributed by atoms with Crippen molar-refractivity contribution in [2.24, 2.45) is 5.92 Å². The molecular formula is C12H23NO4Si. The van der Waals surface area contributed by atoms with E-state index in [1.54, 1.807) is 0 Å². The van der Waals surface area contributed by atoms with E-state index in [1.165, 1.54) is 0 Å². The number of nitrogens with one attached hydrogen (secondary N) is 1. The third-order valence-electron chi connectivity index (χ3n) is 3.74. The Morgan fingerprint density at radius 2 is 1.67 bits per heavy atom. The molecule has 1 amide bonds. The number of hydrogen-bond donors (Lipinski definition) is 1. The van der Waals surface area contributed by atoms with Gasteiger partial charge in [0.15, 0.2) is 0 Å². The van der Waals surface area contributed by atoms with E-state index in [2.05, 4.69) is 5.32 Å². The number of piperidine rings is 1. The lowest BCUT2D eigenvalue weighted by atomic mass is 10.1. The summed E-state index contributed by atoms with van der Waals surface area (Å²) < 4.78 is 17.7. The molecule has 0 aromatic carbocycles. The van der Waals surface area contributed by atoms with Crippen LogP contribution >= 0.6 is 0 Å². The maximum absolute atomic E-state index is 11.9. The molecular weight excluding hydrogens is 250 g/mol. The van der Waals surface area contributed by atoms with Gasteiger partial charge in [-0.3, -0.25) is 4.79 Å². The second-order valence-corrected chi connectivity index (χ2v) is 7.61.